The van der Waals surface area contributed by atoms with Crippen LogP contribution in [-0.4, -0.2) is 47.8 Å². The Morgan fingerprint density at radius 2 is 2.04 bits per heavy atom. The number of carbonyl (C=O) groups excluding carboxylic acids is 1. The molecule has 0 radical (unpaired) electrons. The number of amides is 1. The molecule has 1 unspecified atom stereocenters. The summed E-state index contributed by atoms with van der Waals surface area (Å²) in [5.74, 6) is -0.130. The molecule has 0 saturated carbocycles. The smallest absolute Gasteiger partial charge is 0.252 e. The molecule has 0 aliphatic carbocycles. The lowest BCUT2D eigenvalue weighted by molar-refractivity contribution is -0.152. The number of nitrogens with zero attached hydrogens (tertiary/aromatic N) is 1. The number of aliphatic hydroxyl groups is 1. The highest BCUT2D eigenvalue weighted by atomic mass is 16.5. The summed E-state index contributed by atoms with van der Waals surface area (Å²) < 4.78 is 5.89. The van der Waals surface area contributed by atoms with Crippen molar-refractivity contribution in [3.8, 4) is 0 Å². The molecule has 2 rings (SSSR count). The van der Waals surface area contributed by atoms with E-state index in [0.29, 0.717) is 13.2 Å². The van der Waals surface area contributed by atoms with Gasteiger partial charge in [0.1, 0.15) is 6.10 Å². The number of carbonyl (C=O) groups is 1. The van der Waals surface area contributed by atoms with Crippen LogP contribution in [0.3, 0.4) is 0 Å². The number of rotatable bonds is 9. The zero-order chi connectivity index (χ0) is 19.0. The number of piperidine rings is 1. The van der Waals surface area contributed by atoms with E-state index in [-0.39, 0.29) is 11.9 Å². The van der Waals surface area contributed by atoms with Crippen LogP contribution in [0.15, 0.2) is 30.3 Å². The molecule has 1 aliphatic rings. The van der Waals surface area contributed by atoms with Crippen molar-refractivity contribution >= 4 is 5.91 Å². The first-order chi connectivity index (χ1) is 12.5. The molecule has 0 aromatic heterocycles. The summed E-state index contributed by atoms with van der Waals surface area (Å²) in [5, 5.41) is 10.5. The molecule has 1 amide bonds. The van der Waals surface area contributed by atoms with Crippen molar-refractivity contribution < 1.29 is 14.6 Å². The van der Waals surface area contributed by atoms with E-state index in [0.717, 1.165) is 45.1 Å². The van der Waals surface area contributed by atoms with E-state index in [1.54, 1.807) is 0 Å². The second-order valence-electron chi connectivity index (χ2n) is 8.09. The molecule has 1 fully saturated rings. The van der Waals surface area contributed by atoms with E-state index < -0.39 is 11.5 Å². The fraction of sp³-hybridized carbons (Fsp3) is 0.682. The van der Waals surface area contributed by atoms with Crippen LogP contribution in [0.1, 0.15) is 58.4 Å². The van der Waals surface area contributed by atoms with E-state index >= 15 is 0 Å². The van der Waals surface area contributed by atoms with E-state index in [4.69, 9.17) is 4.74 Å². The molecule has 0 bridgehead atoms. The predicted octanol–water partition coefficient (Wildman–Crippen LogP) is 3.81. The molecule has 2 atom stereocenters. The third-order valence-corrected chi connectivity index (χ3v) is 5.70. The Morgan fingerprint density at radius 1 is 1.31 bits per heavy atom. The van der Waals surface area contributed by atoms with Gasteiger partial charge < -0.3 is 14.7 Å². The summed E-state index contributed by atoms with van der Waals surface area (Å²) in [5.41, 5.74) is 0.936. The van der Waals surface area contributed by atoms with Crippen molar-refractivity contribution in [2.75, 3.05) is 19.8 Å². The fourth-order valence-electron chi connectivity index (χ4n) is 3.39. The summed E-state index contributed by atoms with van der Waals surface area (Å²) in [6, 6.07) is 10.5. The maximum absolute atomic E-state index is 12.8. The third kappa shape index (κ3) is 5.82. The highest BCUT2D eigenvalue weighted by molar-refractivity contribution is 5.82. The zero-order valence-corrected chi connectivity index (χ0v) is 16.6. The first-order valence-electron chi connectivity index (χ1n) is 10.1. The van der Waals surface area contributed by atoms with Gasteiger partial charge in [0.05, 0.1) is 12.6 Å². The molecule has 1 aromatic rings. The Labute approximate surface area is 158 Å². The van der Waals surface area contributed by atoms with E-state index in [1.165, 1.54) is 5.56 Å². The average Bonchev–Trinajstić information content (AvgIpc) is 2.67. The van der Waals surface area contributed by atoms with Crippen molar-refractivity contribution in [2.45, 2.75) is 71.4 Å². The molecule has 1 N–H and O–H groups in total. The van der Waals surface area contributed by atoms with Crippen LogP contribution in [0.2, 0.25) is 0 Å². The van der Waals surface area contributed by atoms with Gasteiger partial charge in [-0.25, -0.2) is 0 Å². The lowest BCUT2D eigenvalue weighted by Crippen LogP contribution is -2.53. The number of aliphatic hydroxyl groups excluding tert-OH is 1. The topological polar surface area (TPSA) is 49.8 Å². The monoisotopic (exact) mass is 361 g/mol. The van der Waals surface area contributed by atoms with Crippen LogP contribution in [0.25, 0.3) is 0 Å². The lowest BCUT2D eigenvalue weighted by Gasteiger charge is -2.39. The molecule has 146 valence electrons. The van der Waals surface area contributed by atoms with E-state index in [2.05, 4.69) is 24.3 Å². The number of benzene rings is 1. The average molecular weight is 362 g/mol. The number of hydrogen-bond donors (Lipinski definition) is 1. The van der Waals surface area contributed by atoms with Gasteiger partial charge in [0, 0.05) is 13.2 Å². The van der Waals surface area contributed by atoms with Gasteiger partial charge in [-0.1, -0.05) is 51.1 Å². The Bertz CT molecular complexity index is 544. The van der Waals surface area contributed by atoms with E-state index in [9.17, 15) is 9.90 Å². The summed E-state index contributed by atoms with van der Waals surface area (Å²) >= 11 is 0. The Morgan fingerprint density at radius 3 is 2.73 bits per heavy atom. The largest absolute Gasteiger partial charge is 0.383 e. The SMILES string of the molecule is CCC(C)(C)C(O)C(=O)N1CCCC[C@H]1COCCCc1ccccc1. The van der Waals surface area contributed by atoms with Crippen molar-refractivity contribution in [1.82, 2.24) is 4.90 Å². The first kappa shape index (κ1) is 20.9. The summed E-state index contributed by atoms with van der Waals surface area (Å²) in [6.45, 7) is 7.92. The maximum Gasteiger partial charge on any atom is 0.252 e. The first-order valence-corrected chi connectivity index (χ1v) is 10.1. The van der Waals surface area contributed by atoms with Gasteiger partial charge in [0.25, 0.3) is 5.91 Å². The van der Waals surface area contributed by atoms with Crippen LogP contribution < -0.4 is 0 Å². The summed E-state index contributed by atoms with van der Waals surface area (Å²) in [6.07, 6.45) is 4.92. The summed E-state index contributed by atoms with van der Waals surface area (Å²) in [7, 11) is 0. The molecule has 1 aromatic carbocycles. The summed E-state index contributed by atoms with van der Waals surface area (Å²) in [4.78, 5) is 14.7. The van der Waals surface area contributed by atoms with Crippen LogP contribution in [0, 0.1) is 5.41 Å². The van der Waals surface area contributed by atoms with Crippen LogP contribution >= 0.6 is 0 Å². The van der Waals surface area contributed by atoms with Crippen LogP contribution in [0.4, 0.5) is 0 Å². The van der Waals surface area contributed by atoms with Crippen molar-refractivity contribution in [3.05, 3.63) is 35.9 Å². The standard InChI is InChI=1S/C22H35NO3/c1-4-22(2,3)20(24)21(25)23-15-9-8-14-19(23)17-26-16-10-13-18-11-6-5-7-12-18/h5-7,11-12,19-20,24H,4,8-10,13-17H2,1-3H3/t19-,20?/m0/s1. The van der Waals surface area contributed by atoms with Gasteiger partial charge in [0.15, 0.2) is 0 Å². The molecule has 1 aliphatic heterocycles. The van der Waals surface area contributed by atoms with Crippen LogP contribution in [-0.2, 0) is 16.0 Å². The number of hydrogen-bond acceptors (Lipinski definition) is 3. The van der Waals surface area contributed by atoms with Gasteiger partial charge >= 0.3 is 0 Å². The minimum Gasteiger partial charge on any atom is -0.383 e. The van der Waals surface area contributed by atoms with E-state index in [1.807, 2.05) is 31.7 Å². The molecule has 4 heteroatoms. The Kier molecular flexibility index (Phi) is 8.11. The van der Waals surface area contributed by atoms with Gasteiger partial charge in [-0.15, -0.1) is 0 Å². The van der Waals surface area contributed by atoms with Gasteiger partial charge in [-0.3, -0.25) is 4.79 Å². The highest BCUT2D eigenvalue weighted by Crippen LogP contribution is 2.28. The van der Waals surface area contributed by atoms with Crippen molar-refractivity contribution in [3.63, 3.8) is 0 Å². The second kappa shape index (κ2) is 10.1. The lowest BCUT2D eigenvalue weighted by atomic mass is 9.82. The molecule has 26 heavy (non-hydrogen) atoms. The second-order valence-corrected chi connectivity index (χ2v) is 8.09. The molecule has 0 spiro atoms. The number of likely N-dealkylation sites (tertiary alicyclic amines) is 1. The van der Waals surface area contributed by atoms with Crippen molar-refractivity contribution in [2.24, 2.45) is 5.41 Å². The normalized spacial score (nSPS) is 19.4. The third-order valence-electron chi connectivity index (χ3n) is 5.70. The van der Waals surface area contributed by atoms with Gasteiger partial charge in [-0.05, 0) is 49.5 Å². The molecule has 1 heterocycles. The molecule has 4 nitrogen and oxygen atoms in total. The maximum atomic E-state index is 12.8. The van der Waals surface area contributed by atoms with Gasteiger partial charge in [-0.2, -0.15) is 0 Å². The predicted molar refractivity (Wildman–Crippen MR) is 105 cm³/mol. The minimum atomic E-state index is -0.939. The van der Waals surface area contributed by atoms with Crippen LogP contribution in [0.5, 0.6) is 0 Å². The minimum absolute atomic E-state index is 0.0929. The molecular weight excluding hydrogens is 326 g/mol. The van der Waals surface area contributed by atoms with Crippen molar-refractivity contribution in [1.29, 1.82) is 0 Å². The molecular formula is C22H35NO3. The quantitative estimate of drug-likeness (QED) is 0.680. The Hall–Kier alpha value is -1.39. The number of ether oxygens (including phenoxy) is 1. The molecule has 1 saturated heterocycles. The fourth-order valence-corrected chi connectivity index (χ4v) is 3.39. The zero-order valence-electron chi connectivity index (χ0n) is 16.6. The number of aryl methyl sites for hydroxylation is 1. The Balaban J connectivity index is 1.79. The highest BCUT2D eigenvalue weighted by Gasteiger charge is 2.37. The van der Waals surface area contributed by atoms with Gasteiger partial charge in [0.2, 0.25) is 0 Å².